The Kier molecular flexibility index (Phi) is 4.06. The van der Waals surface area contributed by atoms with E-state index < -0.39 is 23.2 Å². The highest BCUT2D eigenvalue weighted by atomic mass is 19.4. The van der Waals surface area contributed by atoms with Crippen LogP contribution in [0.3, 0.4) is 0 Å². The molecule has 0 radical (unpaired) electrons. The van der Waals surface area contributed by atoms with Crippen molar-refractivity contribution in [1.29, 1.82) is 0 Å². The van der Waals surface area contributed by atoms with E-state index in [9.17, 15) is 18.0 Å². The summed E-state index contributed by atoms with van der Waals surface area (Å²) in [7, 11) is 0. The predicted octanol–water partition coefficient (Wildman–Crippen LogP) is 3.83. The maximum atomic E-state index is 13.0. The maximum absolute atomic E-state index is 13.0. The van der Waals surface area contributed by atoms with Crippen molar-refractivity contribution in [2.45, 2.75) is 38.9 Å². The lowest BCUT2D eigenvalue weighted by Gasteiger charge is -2.13. The monoisotopic (exact) mass is 338 g/mol. The molecule has 1 aliphatic rings. The molecular formula is C16H17F3N4O. The van der Waals surface area contributed by atoms with E-state index in [1.807, 2.05) is 18.5 Å². The number of nitrogens with zero attached hydrogens (tertiary/aromatic N) is 3. The molecule has 1 saturated carbocycles. The quantitative estimate of drug-likeness (QED) is 0.922. The van der Waals surface area contributed by atoms with Crippen molar-refractivity contribution in [3.8, 4) is 0 Å². The Morgan fingerprint density at radius 3 is 2.75 bits per heavy atom. The smallest absolute Gasteiger partial charge is 0.305 e. The minimum atomic E-state index is -4.64. The van der Waals surface area contributed by atoms with Gasteiger partial charge in [-0.3, -0.25) is 14.5 Å². The van der Waals surface area contributed by atoms with Crippen LogP contribution in [0.2, 0.25) is 0 Å². The van der Waals surface area contributed by atoms with E-state index >= 15 is 0 Å². The minimum Gasteiger partial charge on any atom is -0.305 e. The average Bonchev–Trinajstić information content (AvgIpc) is 3.30. The summed E-state index contributed by atoms with van der Waals surface area (Å²) in [6.45, 7) is 3.91. The van der Waals surface area contributed by atoms with Crippen molar-refractivity contribution in [3.63, 3.8) is 0 Å². The van der Waals surface area contributed by atoms with E-state index in [4.69, 9.17) is 0 Å². The molecule has 1 unspecified atom stereocenters. The lowest BCUT2D eigenvalue weighted by atomic mass is 10.1. The number of carbonyl (C=O) groups is 1. The fourth-order valence-electron chi connectivity index (χ4n) is 2.74. The molecule has 0 aliphatic heterocycles. The number of carbonyl (C=O) groups excluding carboxylic acids is 1. The summed E-state index contributed by atoms with van der Waals surface area (Å²) in [6.07, 6.45) is -0.546. The van der Waals surface area contributed by atoms with Gasteiger partial charge in [-0.25, -0.2) is 0 Å². The van der Waals surface area contributed by atoms with Crippen molar-refractivity contribution in [1.82, 2.24) is 14.8 Å². The van der Waals surface area contributed by atoms with Gasteiger partial charge < -0.3 is 5.32 Å². The fraction of sp³-hybridized carbons (Fsp3) is 0.438. The normalized spacial score (nSPS) is 16.0. The third-order valence-electron chi connectivity index (χ3n) is 4.23. The van der Waals surface area contributed by atoms with Crippen LogP contribution in [-0.4, -0.2) is 20.7 Å². The number of alkyl halides is 3. The van der Waals surface area contributed by atoms with Crippen molar-refractivity contribution >= 4 is 11.7 Å². The number of hydrogen-bond acceptors (Lipinski definition) is 3. The SMILES string of the molecule is Cc1cc(NC(=O)c2ccncc2C(F)(F)F)nn1C(C)C1CC1. The van der Waals surface area contributed by atoms with Gasteiger partial charge in [0.05, 0.1) is 17.2 Å². The number of halogens is 3. The minimum absolute atomic E-state index is 0.210. The van der Waals surface area contributed by atoms with E-state index in [0.717, 1.165) is 30.8 Å². The lowest BCUT2D eigenvalue weighted by molar-refractivity contribution is -0.138. The van der Waals surface area contributed by atoms with Crippen LogP contribution in [-0.2, 0) is 6.18 Å². The van der Waals surface area contributed by atoms with Crippen molar-refractivity contribution in [2.24, 2.45) is 5.92 Å². The molecule has 128 valence electrons. The Morgan fingerprint density at radius 2 is 2.12 bits per heavy atom. The van der Waals surface area contributed by atoms with E-state index in [-0.39, 0.29) is 11.9 Å². The Bertz CT molecular complexity index is 765. The lowest BCUT2D eigenvalue weighted by Crippen LogP contribution is -2.19. The van der Waals surface area contributed by atoms with Crippen molar-refractivity contribution < 1.29 is 18.0 Å². The fourth-order valence-corrected chi connectivity index (χ4v) is 2.74. The molecule has 24 heavy (non-hydrogen) atoms. The Morgan fingerprint density at radius 1 is 1.42 bits per heavy atom. The second kappa shape index (κ2) is 5.92. The van der Waals surface area contributed by atoms with Crippen LogP contribution in [0.1, 0.15) is 47.4 Å². The maximum Gasteiger partial charge on any atom is 0.418 e. The Balaban J connectivity index is 1.82. The van der Waals surface area contributed by atoms with Gasteiger partial charge in [0.1, 0.15) is 0 Å². The van der Waals surface area contributed by atoms with E-state index in [2.05, 4.69) is 15.4 Å². The van der Waals surface area contributed by atoms with Gasteiger partial charge in [-0.2, -0.15) is 18.3 Å². The summed E-state index contributed by atoms with van der Waals surface area (Å²) >= 11 is 0. The van der Waals surface area contributed by atoms with Crippen molar-refractivity contribution in [2.75, 3.05) is 5.32 Å². The average molecular weight is 338 g/mol. The number of amides is 1. The van der Waals surface area contributed by atoms with Crippen LogP contribution in [0.15, 0.2) is 24.5 Å². The van der Waals surface area contributed by atoms with Gasteiger partial charge in [-0.05, 0) is 38.7 Å². The summed E-state index contributed by atoms with van der Waals surface area (Å²) in [5.41, 5.74) is -0.680. The number of aryl methyl sites for hydroxylation is 1. The van der Waals surface area contributed by atoms with Crippen LogP contribution < -0.4 is 5.32 Å². The molecule has 1 fully saturated rings. The third-order valence-corrected chi connectivity index (χ3v) is 4.23. The summed E-state index contributed by atoms with van der Waals surface area (Å²) < 4.78 is 40.7. The number of anilines is 1. The zero-order chi connectivity index (χ0) is 17.5. The molecule has 1 aliphatic carbocycles. The first kappa shape index (κ1) is 16.5. The van der Waals surface area contributed by atoms with Gasteiger partial charge in [0.2, 0.25) is 0 Å². The van der Waals surface area contributed by atoms with Crippen LogP contribution in [0.25, 0.3) is 0 Å². The van der Waals surface area contributed by atoms with Gasteiger partial charge >= 0.3 is 6.18 Å². The van der Waals surface area contributed by atoms with Gasteiger partial charge in [0.25, 0.3) is 5.91 Å². The first-order chi connectivity index (χ1) is 11.3. The number of pyridine rings is 1. The summed E-state index contributed by atoms with van der Waals surface area (Å²) in [5, 5.41) is 6.76. The zero-order valence-corrected chi connectivity index (χ0v) is 13.3. The molecule has 0 saturated heterocycles. The molecule has 8 heteroatoms. The Labute approximate surface area is 136 Å². The zero-order valence-electron chi connectivity index (χ0n) is 13.3. The highest BCUT2D eigenvalue weighted by Crippen LogP contribution is 2.40. The molecule has 2 aromatic rings. The highest BCUT2D eigenvalue weighted by Gasteiger charge is 2.36. The standard InChI is InChI=1S/C16H17F3N4O/c1-9-7-14(22-23(9)10(2)11-3-4-11)21-15(24)12-5-6-20-8-13(12)16(17,18)19/h5-8,10-11H,3-4H2,1-2H3,(H,21,22,24). The molecule has 0 bridgehead atoms. The molecule has 2 heterocycles. The molecule has 3 rings (SSSR count). The molecule has 0 spiro atoms. The van der Waals surface area contributed by atoms with Gasteiger partial charge in [-0.1, -0.05) is 0 Å². The molecule has 1 atom stereocenters. The second-order valence-electron chi connectivity index (χ2n) is 6.07. The molecule has 1 N–H and O–H groups in total. The highest BCUT2D eigenvalue weighted by molar-refractivity contribution is 6.04. The number of aromatic nitrogens is 3. The molecule has 0 aromatic carbocycles. The second-order valence-corrected chi connectivity index (χ2v) is 6.07. The van der Waals surface area contributed by atoms with E-state index in [0.29, 0.717) is 12.1 Å². The topological polar surface area (TPSA) is 59.8 Å². The van der Waals surface area contributed by atoms with Gasteiger partial charge in [0, 0.05) is 24.2 Å². The van der Waals surface area contributed by atoms with Crippen LogP contribution in [0.4, 0.5) is 19.0 Å². The molecule has 2 aromatic heterocycles. The van der Waals surface area contributed by atoms with E-state index in [1.54, 1.807) is 6.07 Å². The first-order valence-electron chi connectivity index (χ1n) is 7.66. The van der Waals surface area contributed by atoms with Crippen LogP contribution >= 0.6 is 0 Å². The first-order valence-corrected chi connectivity index (χ1v) is 7.66. The summed E-state index contributed by atoms with van der Waals surface area (Å²) in [5.74, 6) is -0.0347. The van der Waals surface area contributed by atoms with Crippen LogP contribution in [0.5, 0.6) is 0 Å². The van der Waals surface area contributed by atoms with Crippen LogP contribution in [0, 0.1) is 12.8 Å². The van der Waals surface area contributed by atoms with Gasteiger partial charge in [0.15, 0.2) is 5.82 Å². The molecule has 1 amide bonds. The number of hydrogen-bond donors (Lipinski definition) is 1. The third kappa shape index (κ3) is 3.27. The van der Waals surface area contributed by atoms with E-state index in [1.165, 1.54) is 0 Å². The summed E-state index contributed by atoms with van der Waals surface area (Å²) in [6, 6.07) is 2.92. The number of rotatable bonds is 4. The Hall–Kier alpha value is -2.38. The molecular weight excluding hydrogens is 321 g/mol. The predicted molar refractivity (Wildman–Crippen MR) is 81.6 cm³/mol. The molecule has 5 nitrogen and oxygen atoms in total. The number of nitrogens with one attached hydrogen (secondary N) is 1. The summed E-state index contributed by atoms with van der Waals surface area (Å²) in [4.78, 5) is 15.7. The van der Waals surface area contributed by atoms with Gasteiger partial charge in [-0.15, -0.1) is 0 Å². The largest absolute Gasteiger partial charge is 0.418 e. The van der Waals surface area contributed by atoms with Crippen molar-refractivity contribution in [3.05, 3.63) is 41.3 Å².